The van der Waals surface area contributed by atoms with E-state index < -0.39 is 0 Å². The minimum absolute atomic E-state index is 0.503. The zero-order valence-electron chi connectivity index (χ0n) is 8.50. The quantitative estimate of drug-likeness (QED) is 0.337. The zero-order valence-corrected chi connectivity index (χ0v) is 9.32. The second kappa shape index (κ2) is 3.71. The van der Waals surface area contributed by atoms with Crippen LogP contribution >= 0.6 is 11.3 Å². The van der Waals surface area contributed by atoms with E-state index in [2.05, 4.69) is 30.3 Å². The molecule has 1 aromatic rings. The van der Waals surface area contributed by atoms with Crippen LogP contribution in [0.4, 0.5) is 0 Å². The van der Waals surface area contributed by atoms with Crippen molar-refractivity contribution in [2.24, 2.45) is 10.8 Å². The number of nitrogens with zero attached hydrogens (tertiary/aromatic N) is 1. The Bertz CT molecular complexity index is 344. The van der Waals surface area contributed by atoms with Crippen LogP contribution in [0.25, 0.3) is 0 Å². The lowest BCUT2D eigenvalue weighted by atomic mass is 10.3. The Morgan fingerprint density at radius 1 is 1.57 bits per heavy atom. The maximum atomic E-state index is 5.47. The molecule has 3 nitrogen and oxygen atoms in total. The monoisotopic (exact) mass is 209 g/mol. The van der Waals surface area contributed by atoms with Crippen molar-refractivity contribution in [3.8, 4) is 0 Å². The molecule has 4 heteroatoms. The van der Waals surface area contributed by atoms with Crippen molar-refractivity contribution in [3.63, 3.8) is 0 Å². The van der Waals surface area contributed by atoms with Crippen molar-refractivity contribution < 1.29 is 0 Å². The van der Waals surface area contributed by atoms with Gasteiger partial charge in [0, 0.05) is 4.88 Å². The fourth-order valence-electron chi connectivity index (χ4n) is 1.25. The Kier molecular flexibility index (Phi) is 2.56. The van der Waals surface area contributed by atoms with E-state index in [1.807, 2.05) is 0 Å². The van der Waals surface area contributed by atoms with Gasteiger partial charge >= 0.3 is 0 Å². The third-order valence-corrected chi connectivity index (χ3v) is 3.55. The minimum Gasteiger partial charge on any atom is -0.308 e. The van der Waals surface area contributed by atoms with Gasteiger partial charge in [0.05, 0.1) is 10.9 Å². The molecule has 0 amide bonds. The second-order valence-electron chi connectivity index (χ2n) is 3.70. The summed E-state index contributed by atoms with van der Waals surface area (Å²) in [7, 11) is 0. The SMILES string of the molecule is Cc1cc(C(=NC2CC2)NN)sc1C. The highest BCUT2D eigenvalue weighted by Crippen LogP contribution is 2.26. The van der Waals surface area contributed by atoms with E-state index in [1.165, 1.54) is 23.3 Å². The normalized spacial score (nSPS) is 17.2. The van der Waals surface area contributed by atoms with Gasteiger partial charge in [0.2, 0.25) is 0 Å². The van der Waals surface area contributed by atoms with Crippen LogP contribution in [-0.4, -0.2) is 11.9 Å². The number of thiophene rings is 1. The first-order valence-electron chi connectivity index (χ1n) is 4.82. The number of aryl methyl sites for hydroxylation is 2. The molecule has 14 heavy (non-hydrogen) atoms. The van der Waals surface area contributed by atoms with Crippen LogP contribution in [0.1, 0.15) is 28.2 Å². The van der Waals surface area contributed by atoms with Crippen molar-refractivity contribution in [1.29, 1.82) is 0 Å². The van der Waals surface area contributed by atoms with E-state index in [4.69, 9.17) is 5.84 Å². The molecule has 1 aliphatic rings. The molecule has 0 radical (unpaired) electrons. The largest absolute Gasteiger partial charge is 0.308 e. The summed E-state index contributed by atoms with van der Waals surface area (Å²) in [5.41, 5.74) is 4.00. The van der Waals surface area contributed by atoms with Gasteiger partial charge in [0.1, 0.15) is 0 Å². The van der Waals surface area contributed by atoms with Crippen molar-refractivity contribution in [1.82, 2.24) is 5.43 Å². The Hall–Kier alpha value is -0.870. The van der Waals surface area contributed by atoms with Crippen LogP contribution in [0, 0.1) is 13.8 Å². The molecule has 0 saturated heterocycles. The first-order valence-corrected chi connectivity index (χ1v) is 5.64. The molecular formula is C10H15N3S. The van der Waals surface area contributed by atoms with Crippen LogP contribution in [0.3, 0.4) is 0 Å². The number of nitrogens with two attached hydrogens (primary N) is 1. The molecule has 1 aromatic heterocycles. The average Bonchev–Trinajstić information content (AvgIpc) is 2.91. The smallest absolute Gasteiger partial charge is 0.153 e. The van der Waals surface area contributed by atoms with Crippen LogP contribution in [0.2, 0.25) is 0 Å². The Morgan fingerprint density at radius 3 is 2.71 bits per heavy atom. The van der Waals surface area contributed by atoms with Crippen LogP contribution in [0.15, 0.2) is 11.1 Å². The van der Waals surface area contributed by atoms with E-state index in [1.54, 1.807) is 11.3 Å². The Balaban J connectivity index is 2.26. The number of hydrazine groups is 1. The Morgan fingerprint density at radius 2 is 2.29 bits per heavy atom. The molecule has 1 heterocycles. The first kappa shape index (κ1) is 9.68. The molecule has 0 aliphatic heterocycles. The van der Waals surface area contributed by atoms with E-state index >= 15 is 0 Å². The first-order chi connectivity index (χ1) is 6.70. The summed E-state index contributed by atoms with van der Waals surface area (Å²) in [4.78, 5) is 7.00. The fraction of sp³-hybridized carbons (Fsp3) is 0.500. The molecule has 2 rings (SSSR count). The highest BCUT2D eigenvalue weighted by Gasteiger charge is 2.21. The number of amidine groups is 1. The molecule has 1 fully saturated rings. The van der Waals surface area contributed by atoms with Gasteiger partial charge in [-0.2, -0.15) is 0 Å². The van der Waals surface area contributed by atoms with Crippen LogP contribution < -0.4 is 11.3 Å². The number of nitrogens with one attached hydrogen (secondary N) is 1. The van der Waals surface area contributed by atoms with E-state index in [0.29, 0.717) is 6.04 Å². The molecule has 1 saturated carbocycles. The predicted octanol–water partition coefficient (Wildman–Crippen LogP) is 1.74. The molecule has 0 unspecified atom stereocenters. The zero-order chi connectivity index (χ0) is 10.1. The third-order valence-electron chi connectivity index (χ3n) is 2.39. The summed E-state index contributed by atoms with van der Waals surface area (Å²) in [6.45, 7) is 4.23. The molecule has 1 aliphatic carbocycles. The standard InChI is InChI=1S/C10H15N3S/c1-6-5-9(14-7(6)2)10(13-11)12-8-3-4-8/h5,8H,3-4,11H2,1-2H3,(H,12,13). The van der Waals surface area contributed by atoms with E-state index in [0.717, 1.165) is 10.7 Å². The van der Waals surface area contributed by atoms with Gasteiger partial charge in [0.15, 0.2) is 5.84 Å². The Labute approximate surface area is 88.0 Å². The maximum Gasteiger partial charge on any atom is 0.153 e. The lowest BCUT2D eigenvalue weighted by molar-refractivity contribution is 0.974. The predicted molar refractivity (Wildman–Crippen MR) is 60.7 cm³/mol. The molecule has 76 valence electrons. The summed E-state index contributed by atoms with van der Waals surface area (Å²) in [5.74, 6) is 6.31. The van der Waals surface area contributed by atoms with Crippen LogP contribution in [0.5, 0.6) is 0 Å². The summed E-state index contributed by atoms with van der Waals surface area (Å²) in [5, 5.41) is 0. The fourth-order valence-corrected chi connectivity index (χ4v) is 2.24. The second-order valence-corrected chi connectivity index (χ2v) is 4.96. The van der Waals surface area contributed by atoms with Crippen LogP contribution in [-0.2, 0) is 0 Å². The van der Waals surface area contributed by atoms with Gasteiger partial charge in [-0.25, -0.2) is 5.84 Å². The van der Waals surface area contributed by atoms with Gasteiger partial charge in [-0.1, -0.05) is 0 Å². The lowest BCUT2D eigenvalue weighted by Crippen LogP contribution is -2.30. The average molecular weight is 209 g/mol. The summed E-state index contributed by atoms with van der Waals surface area (Å²) < 4.78 is 0. The highest BCUT2D eigenvalue weighted by atomic mass is 32.1. The van der Waals surface area contributed by atoms with Crippen molar-refractivity contribution in [3.05, 3.63) is 21.4 Å². The maximum absolute atomic E-state index is 5.47. The molecule has 0 atom stereocenters. The highest BCUT2D eigenvalue weighted by molar-refractivity contribution is 7.14. The number of aliphatic imine (C=N–C) groups is 1. The molecular weight excluding hydrogens is 194 g/mol. The number of hydrogen-bond acceptors (Lipinski definition) is 3. The minimum atomic E-state index is 0.503. The summed E-state index contributed by atoms with van der Waals surface area (Å²) >= 11 is 1.74. The molecule has 3 N–H and O–H groups in total. The number of rotatable bonds is 2. The van der Waals surface area contributed by atoms with E-state index in [9.17, 15) is 0 Å². The van der Waals surface area contributed by atoms with Gasteiger partial charge in [-0.05, 0) is 38.3 Å². The van der Waals surface area contributed by atoms with Crippen molar-refractivity contribution in [2.45, 2.75) is 32.7 Å². The lowest BCUT2D eigenvalue weighted by Gasteiger charge is -2.01. The van der Waals surface area contributed by atoms with Gasteiger partial charge in [-0.3, -0.25) is 4.99 Å². The van der Waals surface area contributed by atoms with Crippen molar-refractivity contribution >= 4 is 17.2 Å². The topological polar surface area (TPSA) is 50.4 Å². The van der Waals surface area contributed by atoms with Crippen molar-refractivity contribution in [2.75, 3.05) is 0 Å². The molecule has 0 spiro atoms. The van der Waals surface area contributed by atoms with Gasteiger partial charge < -0.3 is 5.43 Å². The summed E-state index contributed by atoms with van der Waals surface area (Å²) in [6, 6.07) is 2.64. The van der Waals surface area contributed by atoms with Gasteiger partial charge in [-0.15, -0.1) is 11.3 Å². The van der Waals surface area contributed by atoms with E-state index in [-0.39, 0.29) is 0 Å². The molecule has 0 bridgehead atoms. The molecule has 0 aromatic carbocycles. The van der Waals surface area contributed by atoms with Gasteiger partial charge in [0.25, 0.3) is 0 Å². The number of hydrogen-bond donors (Lipinski definition) is 2. The third kappa shape index (κ3) is 1.96. The summed E-state index contributed by atoms with van der Waals surface area (Å²) in [6.07, 6.45) is 2.41.